The number of carboxylic acids is 1. The van der Waals surface area contributed by atoms with Crippen LogP contribution in [0.2, 0.25) is 5.02 Å². The van der Waals surface area contributed by atoms with Crippen molar-refractivity contribution in [2.75, 3.05) is 7.05 Å². The maximum atomic E-state index is 12.6. The van der Waals surface area contributed by atoms with Gasteiger partial charge in [0.25, 0.3) is 5.91 Å². The van der Waals surface area contributed by atoms with Crippen molar-refractivity contribution in [1.29, 1.82) is 0 Å². The SMILES string of the molecule is CN1C(=O)/C(=C/c2ccc(-c3ccc(C(=O)O)cc3)o2)S/C1=N/c1ccc(Cl)cc1. The largest absolute Gasteiger partial charge is 0.478 e. The third-order valence-electron chi connectivity index (χ3n) is 4.37. The highest BCUT2D eigenvalue weighted by atomic mass is 35.5. The Bertz CT molecular complexity index is 1180. The molecule has 30 heavy (non-hydrogen) atoms. The molecule has 8 heteroatoms. The summed E-state index contributed by atoms with van der Waals surface area (Å²) < 4.78 is 5.82. The number of carboxylic acid groups (broad SMARTS) is 1. The predicted octanol–water partition coefficient (Wildman–Crippen LogP) is 5.53. The molecular weight excluding hydrogens is 424 g/mol. The first kappa shape index (κ1) is 20.0. The summed E-state index contributed by atoms with van der Waals surface area (Å²) >= 11 is 7.16. The third-order valence-corrected chi connectivity index (χ3v) is 5.68. The van der Waals surface area contributed by atoms with Crippen LogP contribution in [-0.2, 0) is 4.79 Å². The average molecular weight is 439 g/mol. The highest BCUT2D eigenvalue weighted by Gasteiger charge is 2.30. The van der Waals surface area contributed by atoms with Gasteiger partial charge in [0.2, 0.25) is 0 Å². The minimum Gasteiger partial charge on any atom is -0.478 e. The molecule has 6 nitrogen and oxygen atoms in total. The Morgan fingerprint density at radius 2 is 1.80 bits per heavy atom. The molecule has 0 spiro atoms. The fraction of sp³-hybridized carbons (Fsp3) is 0.0455. The summed E-state index contributed by atoms with van der Waals surface area (Å²) in [6.45, 7) is 0. The third kappa shape index (κ3) is 4.17. The van der Waals surface area contributed by atoms with E-state index in [0.717, 1.165) is 5.56 Å². The number of carbonyl (C=O) groups is 2. The fourth-order valence-corrected chi connectivity index (χ4v) is 3.86. The van der Waals surface area contributed by atoms with Gasteiger partial charge in [-0.15, -0.1) is 0 Å². The zero-order valence-corrected chi connectivity index (χ0v) is 17.3. The number of thioether (sulfide) groups is 1. The molecule has 1 amide bonds. The number of hydrogen-bond donors (Lipinski definition) is 1. The molecule has 0 radical (unpaired) electrons. The van der Waals surface area contributed by atoms with Crippen LogP contribution >= 0.6 is 23.4 Å². The molecule has 0 saturated carbocycles. The van der Waals surface area contributed by atoms with E-state index in [2.05, 4.69) is 4.99 Å². The Kier molecular flexibility index (Phi) is 5.48. The molecule has 1 aliphatic heterocycles. The maximum absolute atomic E-state index is 12.6. The van der Waals surface area contributed by atoms with Crippen LogP contribution in [-0.4, -0.2) is 34.1 Å². The Morgan fingerprint density at radius 1 is 1.10 bits per heavy atom. The number of halogens is 1. The number of amides is 1. The molecule has 0 aliphatic carbocycles. The van der Waals surface area contributed by atoms with Gasteiger partial charge in [-0.1, -0.05) is 23.7 Å². The number of rotatable bonds is 4. The number of likely N-dealkylation sites (N-methyl/N-ethyl adjacent to an activating group) is 1. The van der Waals surface area contributed by atoms with Gasteiger partial charge < -0.3 is 9.52 Å². The summed E-state index contributed by atoms with van der Waals surface area (Å²) in [4.78, 5) is 30.0. The van der Waals surface area contributed by atoms with Crippen LogP contribution in [0.15, 0.2) is 75.0 Å². The molecule has 1 saturated heterocycles. The first-order chi connectivity index (χ1) is 14.4. The quantitative estimate of drug-likeness (QED) is 0.541. The van der Waals surface area contributed by atoms with Crippen LogP contribution in [0.1, 0.15) is 16.1 Å². The van der Waals surface area contributed by atoms with Gasteiger partial charge in [-0.2, -0.15) is 0 Å². The van der Waals surface area contributed by atoms with Crippen molar-refractivity contribution < 1.29 is 19.1 Å². The predicted molar refractivity (Wildman–Crippen MR) is 118 cm³/mol. The summed E-state index contributed by atoms with van der Waals surface area (Å²) in [6, 6.07) is 17.0. The van der Waals surface area contributed by atoms with E-state index in [1.165, 1.54) is 28.8 Å². The lowest BCUT2D eigenvalue weighted by Gasteiger charge is -2.06. The number of amidine groups is 1. The molecule has 2 heterocycles. The van der Waals surface area contributed by atoms with E-state index in [1.807, 2.05) is 0 Å². The number of aromatic carboxylic acids is 1. The second kappa shape index (κ2) is 8.22. The van der Waals surface area contributed by atoms with Crippen LogP contribution < -0.4 is 0 Å². The molecule has 2 aromatic carbocycles. The summed E-state index contributed by atoms with van der Waals surface area (Å²) in [5.41, 5.74) is 1.65. The van der Waals surface area contributed by atoms with Gasteiger partial charge in [-0.05, 0) is 60.3 Å². The number of carbonyl (C=O) groups excluding carboxylic acids is 1. The summed E-state index contributed by atoms with van der Waals surface area (Å²) in [5, 5.41) is 10.2. The molecule has 150 valence electrons. The van der Waals surface area contributed by atoms with Gasteiger partial charge in [-0.25, -0.2) is 9.79 Å². The van der Waals surface area contributed by atoms with Gasteiger partial charge in [0, 0.05) is 23.7 Å². The van der Waals surface area contributed by atoms with Crippen LogP contribution in [0.4, 0.5) is 5.69 Å². The topological polar surface area (TPSA) is 83.1 Å². The van der Waals surface area contributed by atoms with E-state index < -0.39 is 5.97 Å². The van der Waals surface area contributed by atoms with Crippen LogP contribution in [0.5, 0.6) is 0 Å². The Balaban J connectivity index is 1.55. The van der Waals surface area contributed by atoms with Crippen molar-refractivity contribution in [2.45, 2.75) is 0 Å². The van der Waals surface area contributed by atoms with E-state index in [4.69, 9.17) is 21.1 Å². The molecule has 0 unspecified atom stereocenters. The molecule has 1 fully saturated rings. The molecule has 1 aromatic heterocycles. The Labute approximate surface area is 181 Å². The van der Waals surface area contributed by atoms with Crippen LogP contribution in [0.3, 0.4) is 0 Å². The van der Waals surface area contributed by atoms with E-state index in [1.54, 1.807) is 61.7 Å². The van der Waals surface area contributed by atoms with Gasteiger partial charge >= 0.3 is 5.97 Å². The van der Waals surface area contributed by atoms with Crippen molar-refractivity contribution in [3.8, 4) is 11.3 Å². The van der Waals surface area contributed by atoms with Crippen LogP contribution in [0.25, 0.3) is 17.4 Å². The van der Waals surface area contributed by atoms with Gasteiger partial charge in [0.05, 0.1) is 16.2 Å². The van der Waals surface area contributed by atoms with Gasteiger partial charge in [0.15, 0.2) is 5.17 Å². The highest BCUT2D eigenvalue weighted by molar-refractivity contribution is 8.18. The fourth-order valence-electron chi connectivity index (χ4n) is 2.77. The summed E-state index contributed by atoms with van der Waals surface area (Å²) in [6.07, 6.45) is 1.67. The zero-order valence-electron chi connectivity index (χ0n) is 15.7. The molecule has 0 bridgehead atoms. The van der Waals surface area contributed by atoms with Crippen molar-refractivity contribution in [2.24, 2.45) is 4.99 Å². The van der Waals surface area contributed by atoms with E-state index >= 15 is 0 Å². The Morgan fingerprint density at radius 3 is 2.47 bits per heavy atom. The minimum absolute atomic E-state index is 0.170. The molecule has 1 N–H and O–H groups in total. The second-order valence-corrected chi connectivity index (χ2v) is 7.88. The molecule has 1 aliphatic rings. The zero-order chi connectivity index (χ0) is 21.3. The molecular formula is C22H15ClN2O4S. The van der Waals surface area contributed by atoms with Crippen molar-refractivity contribution in [3.63, 3.8) is 0 Å². The molecule has 3 aromatic rings. The smallest absolute Gasteiger partial charge is 0.335 e. The Hall–Kier alpha value is -3.29. The number of benzene rings is 2. The number of nitrogens with zero attached hydrogens (tertiary/aromatic N) is 2. The number of furan rings is 1. The van der Waals surface area contributed by atoms with E-state index in [0.29, 0.717) is 32.3 Å². The molecule has 0 atom stereocenters. The maximum Gasteiger partial charge on any atom is 0.335 e. The monoisotopic (exact) mass is 438 g/mol. The second-order valence-electron chi connectivity index (χ2n) is 6.43. The van der Waals surface area contributed by atoms with Crippen molar-refractivity contribution >= 4 is 52.2 Å². The highest BCUT2D eigenvalue weighted by Crippen LogP contribution is 2.34. The lowest BCUT2D eigenvalue weighted by Crippen LogP contribution is -2.23. The summed E-state index contributed by atoms with van der Waals surface area (Å²) in [7, 11) is 1.67. The van der Waals surface area contributed by atoms with Crippen molar-refractivity contribution in [1.82, 2.24) is 4.90 Å². The first-order valence-electron chi connectivity index (χ1n) is 8.86. The minimum atomic E-state index is -0.983. The number of hydrogen-bond acceptors (Lipinski definition) is 5. The standard InChI is InChI=1S/C22H15ClN2O4S/c1-25-20(26)19(30-22(25)24-16-8-6-15(23)7-9-16)12-17-10-11-18(29-17)13-2-4-14(5-3-13)21(27)28/h2-12H,1H3,(H,27,28)/b19-12-,24-22+. The number of aliphatic imine (C=N–C) groups is 1. The van der Waals surface area contributed by atoms with E-state index in [9.17, 15) is 9.59 Å². The van der Waals surface area contributed by atoms with Gasteiger partial charge in [0.1, 0.15) is 11.5 Å². The first-order valence-corrected chi connectivity index (χ1v) is 10.1. The lowest BCUT2D eigenvalue weighted by atomic mass is 10.1. The molecule has 4 rings (SSSR count). The average Bonchev–Trinajstić information content (AvgIpc) is 3.31. The van der Waals surface area contributed by atoms with Gasteiger partial charge in [-0.3, -0.25) is 9.69 Å². The van der Waals surface area contributed by atoms with Crippen LogP contribution in [0, 0.1) is 0 Å². The summed E-state index contributed by atoms with van der Waals surface area (Å²) in [5.74, 6) is -0.0539. The van der Waals surface area contributed by atoms with E-state index in [-0.39, 0.29) is 11.5 Å². The normalized spacial score (nSPS) is 16.6. The van der Waals surface area contributed by atoms with Crippen molar-refractivity contribution in [3.05, 3.63) is 81.9 Å². The lowest BCUT2D eigenvalue weighted by molar-refractivity contribution is -0.121.